The molecule has 0 spiro atoms. The Morgan fingerprint density at radius 3 is 2.61 bits per heavy atom. The molecule has 2 N–H and O–H groups in total. The molecule has 3 aromatic heterocycles. The Bertz CT molecular complexity index is 1510. The first-order valence-electron chi connectivity index (χ1n) is 11.5. The molecule has 36 heavy (non-hydrogen) atoms. The molecule has 0 radical (unpaired) electrons. The fourth-order valence-corrected chi connectivity index (χ4v) is 5.17. The number of carbonyl (C=O) groups is 1. The maximum atomic E-state index is 13.3. The van der Waals surface area contributed by atoms with E-state index in [-0.39, 0.29) is 23.6 Å². The number of amides is 1. The van der Waals surface area contributed by atoms with Crippen LogP contribution in [-0.2, 0) is 5.54 Å². The fourth-order valence-electron chi connectivity index (χ4n) is 5.17. The van der Waals surface area contributed by atoms with Crippen molar-refractivity contribution in [1.29, 1.82) is 0 Å². The van der Waals surface area contributed by atoms with E-state index in [0.717, 1.165) is 5.56 Å². The lowest BCUT2D eigenvalue weighted by molar-refractivity contribution is -0.0505. The molecule has 0 fully saturated rings. The normalized spacial score (nSPS) is 19.0. The zero-order valence-electron chi connectivity index (χ0n) is 19.8. The summed E-state index contributed by atoms with van der Waals surface area (Å²) < 4.78 is 33.1. The predicted molar refractivity (Wildman–Crippen MR) is 126 cm³/mol. The number of alkyl halides is 2. The van der Waals surface area contributed by atoms with E-state index in [1.165, 1.54) is 6.07 Å². The minimum atomic E-state index is -3.01. The maximum absolute atomic E-state index is 13.3. The molecule has 0 saturated heterocycles. The van der Waals surface area contributed by atoms with Crippen molar-refractivity contribution in [2.24, 2.45) is 5.73 Å². The van der Waals surface area contributed by atoms with Crippen molar-refractivity contribution in [3.05, 3.63) is 71.1 Å². The zero-order valence-corrected chi connectivity index (χ0v) is 19.8. The number of hydrogen-bond donors (Lipinski definition) is 1. The van der Waals surface area contributed by atoms with Gasteiger partial charge in [-0.2, -0.15) is 13.9 Å². The van der Waals surface area contributed by atoms with E-state index in [0.29, 0.717) is 46.0 Å². The van der Waals surface area contributed by atoms with Crippen molar-refractivity contribution in [3.63, 3.8) is 0 Å². The molecule has 0 saturated carbocycles. The van der Waals surface area contributed by atoms with E-state index >= 15 is 0 Å². The van der Waals surface area contributed by atoms with Gasteiger partial charge in [-0.15, -0.1) is 0 Å². The molecular formula is C25H23F2N7O2. The molecule has 0 unspecified atom stereocenters. The Morgan fingerprint density at radius 1 is 1.17 bits per heavy atom. The van der Waals surface area contributed by atoms with Crippen molar-refractivity contribution < 1.29 is 18.3 Å². The second-order valence-electron chi connectivity index (χ2n) is 9.71. The number of halogens is 2. The molecule has 11 heteroatoms. The van der Waals surface area contributed by atoms with Gasteiger partial charge in [-0.05, 0) is 38.5 Å². The summed E-state index contributed by atoms with van der Waals surface area (Å²) in [6, 6.07) is 6.16. The topological polar surface area (TPSA) is 112 Å². The van der Waals surface area contributed by atoms with Gasteiger partial charge in [-0.3, -0.25) is 4.79 Å². The average Bonchev–Trinajstić information content (AvgIpc) is 3.36. The zero-order chi connectivity index (χ0) is 25.4. The highest BCUT2D eigenvalue weighted by atomic mass is 19.3. The van der Waals surface area contributed by atoms with Crippen molar-refractivity contribution in [2.45, 2.75) is 44.4 Å². The largest absolute Gasteiger partial charge is 0.434 e. The molecule has 6 rings (SSSR count). The monoisotopic (exact) mass is 491 g/mol. The van der Waals surface area contributed by atoms with Crippen molar-refractivity contribution in [3.8, 4) is 17.0 Å². The Kier molecular flexibility index (Phi) is 4.84. The van der Waals surface area contributed by atoms with Gasteiger partial charge in [0.25, 0.3) is 5.91 Å². The summed E-state index contributed by atoms with van der Waals surface area (Å²) in [7, 11) is 1.70. The second kappa shape index (κ2) is 7.76. The van der Waals surface area contributed by atoms with Crippen LogP contribution in [0.3, 0.4) is 0 Å². The molecule has 184 valence electrons. The van der Waals surface area contributed by atoms with E-state index in [9.17, 15) is 13.6 Å². The molecule has 2 bridgehead atoms. The first kappa shape index (κ1) is 22.5. The molecule has 2 atom stereocenters. The lowest BCUT2D eigenvalue weighted by Crippen LogP contribution is -2.31. The summed E-state index contributed by atoms with van der Waals surface area (Å²) >= 11 is 0. The fraction of sp³-hybridized carbons (Fsp3) is 0.320. The highest BCUT2D eigenvalue weighted by Gasteiger charge is 2.46. The van der Waals surface area contributed by atoms with Gasteiger partial charge in [-0.1, -0.05) is 6.07 Å². The number of rotatable bonds is 4. The van der Waals surface area contributed by atoms with Crippen LogP contribution in [0.15, 0.2) is 42.9 Å². The van der Waals surface area contributed by atoms with Crippen LogP contribution in [0.5, 0.6) is 5.75 Å². The van der Waals surface area contributed by atoms with Crippen LogP contribution in [0.25, 0.3) is 16.9 Å². The van der Waals surface area contributed by atoms with Gasteiger partial charge in [0, 0.05) is 53.8 Å². The Balaban J connectivity index is 1.52. The predicted octanol–water partition coefficient (Wildman–Crippen LogP) is 3.64. The van der Waals surface area contributed by atoms with E-state index in [2.05, 4.69) is 9.97 Å². The van der Waals surface area contributed by atoms with Crippen LogP contribution in [0.1, 0.15) is 65.2 Å². The van der Waals surface area contributed by atoms with Gasteiger partial charge in [-0.25, -0.2) is 19.5 Å². The third kappa shape index (κ3) is 3.34. The third-order valence-electron chi connectivity index (χ3n) is 6.85. The molecule has 1 aromatic carbocycles. The summed E-state index contributed by atoms with van der Waals surface area (Å²) in [6.07, 6.45) is 5.63. The van der Waals surface area contributed by atoms with Gasteiger partial charge < -0.3 is 15.4 Å². The highest BCUT2D eigenvalue weighted by Crippen LogP contribution is 2.53. The van der Waals surface area contributed by atoms with E-state index < -0.39 is 12.2 Å². The van der Waals surface area contributed by atoms with Gasteiger partial charge in [0.05, 0.1) is 23.0 Å². The molecule has 1 aliphatic carbocycles. The molecule has 2 aliphatic rings. The van der Waals surface area contributed by atoms with Gasteiger partial charge in [0.2, 0.25) is 0 Å². The lowest BCUT2D eigenvalue weighted by Gasteiger charge is -2.23. The Morgan fingerprint density at radius 2 is 1.92 bits per heavy atom. The second-order valence-corrected chi connectivity index (χ2v) is 9.71. The molecule has 4 heterocycles. The summed E-state index contributed by atoms with van der Waals surface area (Å²) in [6.45, 7) is 0.640. The van der Waals surface area contributed by atoms with Gasteiger partial charge in [0.1, 0.15) is 11.6 Å². The summed E-state index contributed by atoms with van der Waals surface area (Å²) in [4.78, 5) is 28.5. The van der Waals surface area contributed by atoms with Crippen LogP contribution in [0.4, 0.5) is 8.78 Å². The minimum Gasteiger partial charge on any atom is -0.434 e. The van der Waals surface area contributed by atoms with Crippen LogP contribution < -0.4 is 10.5 Å². The average molecular weight is 492 g/mol. The SMILES string of the molecule is CN1C(=O)c2cccc(OC(F)F)c2[C@H]2C[C@@H]1c1nn3ccc(-c4cnc(C(C)(C)N)nc4)nc3c12. The Hall–Kier alpha value is -3.99. The Labute approximate surface area is 204 Å². The molecule has 4 aromatic rings. The van der Waals surface area contributed by atoms with Gasteiger partial charge in [0.15, 0.2) is 5.65 Å². The number of aromatic nitrogens is 5. The van der Waals surface area contributed by atoms with Crippen LogP contribution in [-0.4, -0.2) is 49.0 Å². The van der Waals surface area contributed by atoms with Crippen molar-refractivity contribution >= 4 is 11.6 Å². The van der Waals surface area contributed by atoms with Crippen molar-refractivity contribution in [1.82, 2.24) is 29.5 Å². The number of benzene rings is 1. The maximum Gasteiger partial charge on any atom is 0.387 e. The molecular weight excluding hydrogens is 468 g/mol. The first-order chi connectivity index (χ1) is 17.1. The summed E-state index contributed by atoms with van der Waals surface area (Å²) in [5.41, 5.74) is 9.63. The number of nitrogens with zero attached hydrogens (tertiary/aromatic N) is 6. The molecule has 1 aliphatic heterocycles. The van der Waals surface area contributed by atoms with E-state index in [4.69, 9.17) is 20.6 Å². The highest BCUT2D eigenvalue weighted by molar-refractivity contribution is 5.98. The van der Waals surface area contributed by atoms with E-state index in [1.807, 2.05) is 13.8 Å². The van der Waals surface area contributed by atoms with Crippen molar-refractivity contribution in [2.75, 3.05) is 7.05 Å². The number of nitrogens with two attached hydrogens (primary N) is 1. The number of hydrogen-bond acceptors (Lipinski definition) is 7. The van der Waals surface area contributed by atoms with Crippen LogP contribution in [0.2, 0.25) is 0 Å². The summed E-state index contributed by atoms with van der Waals surface area (Å²) in [5, 5.41) is 4.73. The summed E-state index contributed by atoms with van der Waals surface area (Å²) in [5.74, 6) is -0.139. The molecule has 1 amide bonds. The van der Waals surface area contributed by atoms with Gasteiger partial charge >= 0.3 is 6.61 Å². The number of carbonyl (C=O) groups excluding carboxylic acids is 1. The van der Waals surface area contributed by atoms with Crippen LogP contribution >= 0.6 is 0 Å². The first-order valence-corrected chi connectivity index (χ1v) is 11.5. The van der Waals surface area contributed by atoms with Crippen LogP contribution in [0, 0.1) is 0 Å². The van der Waals surface area contributed by atoms with E-state index in [1.54, 1.807) is 53.3 Å². The number of fused-ring (bicyclic) bond motifs is 9. The lowest BCUT2D eigenvalue weighted by atomic mass is 9.89. The smallest absolute Gasteiger partial charge is 0.387 e. The standard InChI is InChI=1S/C25H23F2N7O2/c1-25(2,28)23-29-10-12(11-30-23)15-7-8-34-21(31-15)19-14-9-16(20(19)32-34)33(3)22(35)13-5-4-6-17(18(13)14)36-24(26)27/h4-8,10-11,14,16,24H,9,28H2,1-3H3/t14-,16-/m1/s1. The minimum absolute atomic E-state index is 0.00774. The third-order valence-corrected chi connectivity index (χ3v) is 6.85. The quantitative estimate of drug-likeness (QED) is 0.464. The number of ether oxygens (including phenoxy) is 1. The molecule has 9 nitrogen and oxygen atoms in total.